The lowest BCUT2D eigenvalue weighted by atomic mass is 10.2. The molecule has 0 fully saturated rings. The first-order chi connectivity index (χ1) is 8.65. The Morgan fingerprint density at radius 1 is 1.22 bits per heavy atom. The fourth-order valence-corrected chi connectivity index (χ4v) is 2.28. The van der Waals surface area contributed by atoms with Gasteiger partial charge in [-0.2, -0.15) is 0 Å². The van der Waals surface area contributed by atoms with Crippen molar-refractivity contribution in [2.75, 3.05) is 7.11 Å². The number of methoxy groups -OCH3 is 1. The normalized spacial score (nSPS) is 10.7. The van der Waals surface area contributed by atoms with Crippen molar-refractivity contribution in [1.82, 2.24) is 4.57 Å². The fraction of sp³-hybridized carbons (Fsp3) is 0.333. The Morgan fingerprint density at radius 2 is 2.00 bits per heavy atom. The van der Waals surface area contributed by atoms with Crippen LogP contribution in [-0.4, -0.2) is 11.7 Å². The quantitative estimate of drug-likeness (QED) is 0.898. The highest BCUT2D eigenvalue weighted by atomic mass is 16.5. The highest BCUT2D eigenvalue weighted by Crippen LogP contribution is 2.19. The van der Waals surface area contributed by atoms with Gasteiger partial charge in [-0.3, -0.25) is 0 Å². The molecule has 3 heteroatoms. The van der Waals surface area contributed by atoms with Crippen LogP contribution in [0.4, 0.5) is 0 Å². The fourth-order valence-electron chi connectivity index (χ4n) is 2.28. The summed E-state index contributed by atoms with van der Waals surface area (Å²) in [6.07, 6.45) is 0. The van der Waals surface area contributed by atoms with Gasteiger partial charge in [0.15, 0.2) is 0 Å². The number of rotatable bonds is 4. The maximum Gasteiger partial charge on any atom is 0.119 e. The summed E-state index contributed by atoms with van der Waals surface area (Å²) in [5.74, 6) is 0.897. The van der Waals surface area contributed by atoms with E-state index < -0.39 is 0 Å². The SMILES string of the molecule is COc1cccc(Cn2c(C)cc(CN)c2C)c1. The summed E-state index contributed by atoms with van der Waals surface area (Å²) in [7, 11) is 1.69. The van der Waals surface area contributed by atoms with Crippen LogP contribution in [0.2, 0.25) is 0 Å². The summed E-state index contributed by atoms with van der Waals surface area (Å²) in [6, 6.07) is 10.3. The first-order valence-corrected chi connectivity index (χ1v) is 6.14. The third-order valence-corrected chi connectivity index (χ3v) is 3.37. The maximum atomic E-state index is 5.74. The van der Waals surface area contributed by atoms with E-state index in [-0.39, 0.29) is 0 Å². The minimum Gasteiger partial charge on any atom is -0.497 e. The number of aryl methyl sites for hydroxylation is 1. The largest absolute Gasteiger partial charge is 0.497 e. The van der Waals surface area contributed by atoms with Gasteiger partial charge in [-0.1, -0.05) is 12.1 Å². The molecule has 0 spiro atoms. The van der Waals surface area contributed by atoms with Crippen molar-refractivity contribution < 1.29 is 4.74 Å². The number of ether oxygens (including phenoxy) is 1. The highest BCUT2D eigenvalue weighted by molar-refractivity contribution is 5.31. The van der Waals surface area contributed by atoms with Gasteiger partial charge in [0.2, 0.25) is 0 Å². The number of hydrogen-bond donors (Lipinski definition) is 1. The zero-order valence-electron chi connectivity index (χ0n) is 11.2. The Labute approximate surface area is 108 Å². The molecule has 0 bridgehead atoms. The summed E-state index contributed by atoms with van der Waals surface area (Å²) in [4.78, 5) is 0. The predicted octanol–water partition coefficient (Wildman–Crippen LogP) is 2.62. The zero-order valence-corrected chi connectivity index (χ0v) is 11.2. The molecule has 0 aliphatic carbocycles. The summed E-state index contributed by atoms with van der Waals surface area (Å²) >= 11 is 0. The van der Waals surface area contributed by atoms with Gasteiger partial charge in [0.25, 0.3) is 0 Å². The smallest absolute Gasteiger partial charge is 0.119 e. The Kier molecular flexibility index (Phi) is 3.72. The molecule has 18 heavy (non-hydrogen) atoms. The first kappa shape index (κ1) is 12.7. The first-order valence-electron chi connectivity index (χ1n) is 6.14. The van der Waals surface area contributed by atoms with E-state index in [4.69, 9.17) is 10.5 Å². The second kappa shape index (κ2) is 5.27. The van der Waals surface area contributed by atoms with Gasteiger partial charge in [-0.25, -0.2) is 0 Å². The Bertz CT molecular complexity index is 543. The average Bonchev–Trinajstić information content (AvgIpc) is 2.66. The number of hydrogen-bond acceptors (Lipinski definition) is 2. The molecule has 1 aromatic carbocycles. The van der Waals surface area contributed by atoms with Crippen molar-refractivity contribution >= 4 is 0 Å². The molecule has 0 radical (unpaired) electrons. The lowest BCUT2D eigenvalue weighted by Crippen LogP contribution is -2.05. The molecule has 3 nitrogen and oxygen atoms in total. The van der Waals surface area contributed by atoms with Crippen molar-refractivity contribution in [3.8, 4) is 5.75 Å². The molecule has 0 atom stereocenters. The molecular weight excluding hydrogens is 224 g/mol. The molecule has 0 amide bonds. The van der Waals surface area contributed by atoms with Crippen LogP contribution >= 0.6 is 0 Å². The molecule has 0 aliphatic heterocycles. The van der Waals surface area contributed by atoms with Crippen LogP contribution in [0.3, 0.4) is 0 Å². The third kappa shape index (κ3) is 2.41. The number of benzene rings is 1. The van der Waals surface area contributed by atoms with Crippen LogP contribution in [0.25, 0.3) is 0 Å². The second-order valence-corrected chi connectivity index (χ2v) is 4.54. The lowest BCUT2D eigenvalue weighted by molar-refractivity contribution is 0.414. The van der Waals surface area contributed by atoms with E-state index >= 15 is 0 Å². The van der Waals surface area contributed by atoms with E-state index in [1.807, 2.05) is 12.1 Å². The van der Waals surface area contributed by atoms with Gasteiger partial charge in [0.05, 0.1) is 7.11 Å². The lowest BCUT2D eigenvalue weighted by Gasteiger charge is -2.11. The van der Waals surface area contributed by atoms with E-state index in [1.54, 1.807) is 7.11 Å². The Morgan fingerprint density at radius 3 is 2.61 bits per heavy atom. The van der Waals surface area contributed by atoms with Gasteiger partial charge >= 0.3 is 0 Å². The molecule has 0 unspecified atom stereocenters. The highest BCUT2D eigenvalue weighted by Gasteiger charge is 2.08. The molecule has 0 saturated carbocycles. The van der Waals surface area contributed by atoms with Gasteiger partial charge in [-0.05, 0) is 43.2 Å². The number of nitrogens with zero attached hydrogens (tertiary/aromatic N) is 1. The average molecular weight is 244 g/mol. The molecule has 2 aromatic rings. The molecule has 2 N–H and O–H groups in total. The second-order valence-electron chi connectivity index (χ2n) is 4.54. The topological polar surface area (TPSA) is 40.2 Å². The minimum absolute atomic E-state index is 0.595. The standard InChI is InChI=1S/C15H20N2O/c1-11-7-14(9-16)12(2)17(11)10-13-5-4-6-15(8-13)18-3/h4-8H,9-10,16H2,1-3H3. The summed E-state index contributed by atoms with van der Waals surface area (Å²) in [5.41, 5.74) is 10.7. The number of nitrogens with two attached hydrogens (primary N) is 1. The van der Waals surface area contributed by atoms with Crippen molar-refractivity contribution in [3.05, 3.63) is 52.8 Å². The monoisotopic (exact) mass is 244 g/mol. The molecule has 2 rings (SSSR count). The summed E-state index contributed by atoms with van der Waals surface area (Å²) < 4.78 is 7.54. The molecule has 0 saturated heterocycles. The van der Waals surface area contributed by atoms with Gasteiger partial charge < -0.3 is 15.0 Å². The molecule has 1 aromatic heterocycles. The van der Waals surface area contributed by atoms with Gasteiger partial charge in [0.1, 0.15) is 5.75 Å². The van der Waals surface area contributed by atoms with E-state index in [1.165, 1.54) is 22.5 Å². The minimum atomic E-state index is 0.595. The van der Waals surface area contributed by atoms with E-state index in [0.29, 0.717) is 6.54 Å². The predicted molar refractivity (Wildman–Crippen MR) is 73.9 cm³/mol. The summed E-state index contributed by atoms with van der Waals surface area (Å²) in [6.45, 7) is 5.69. The van der Waals surface area contributed by atoms with E-state index in [0.717, 1.165) is 12.3 Å². The summed E-state index contributed by atoms with van der Waals surface area (Å²) in [5, 5.41) is 0. The van der Waals surface area contributed by atoms with Crippen LogP contribution in [0, 0.1) is 13.8 Å². The third-order valence-electron chi connectivity index (χ3n) is 3.37. The van der Waals surface area contributed by atoms with Crippen LogP contribution in [0.5, 0.6) is 5.75 Å². The van der Waals surface area contributed by atoms with Crippen molar-refractivity contribution in [2.24, 2.45) is 5.73 Å². The van der Waals surface area contributed by atoms with E-state index in [2.05, 4.69) is 36.6 Å². The zero-order chi connectivity index (χ0) is 13.1. The van der Waals surface area contributed by atoms with Gasteiger partial charge in [0, 0.05) is 24.5 Å². The van der Waals surface area contributed by atoms with Crippen molar-refractivity contribution in [3.63, 3.8) is 0 Å². The molecule has 0 aliphatic rings. The van der Waals surface area contributed by atoms with E-state index in [9.17, 15) is 0 Å². The Balaban J connectivity index is 2.30. The van der Waals surface area contributed by atoms with Crippen molar-refractivity contribution in [1.29, 1.82) is 0 Å². The van der Waals surface area contributed by atoms with Crippen LogP contribution < -0.4 is 10.5 Å². The molecule has 1 heterocycles. The maximum absolute atomic E-state index is 5.74. The van der Waals surface area contributed by atoms with Crippen LogP contribution in [0.15, 0.2) is 30.3 Å². The van der Waals surface area contributed by atoms with Gasteiger partial charge in [-0.15, -0.1) is 0 Å². The molecule has 96 valence electrons. The number of aromatic nitrogens is 1. The van der Waals surface area contributed by atoms with Crippen LogP contribution in [0.1, 0.15) is 22.5 Å². The molecular formula is C15H20N2O. The van der Waals surface area contributed by atoms with Crippen LogP contribution in [-0.2, 0) is 13.1 Å². The Hall–Kier alpha value is -1.74. The van der Waals surface area contributed by atoms with Crippen molar-refractivity contribution in [2.45, 2.75) is 26.9 Å².